The summed E-state index contributed by atoms with van der Waals surface area (Å²) >= 11 is 0. The maximum atomic E-state index is 12.6. The van der Waals surface area contributed by atoms with Crippen molar-refractivity contribution in [2.45, 2.75) is 32.7 Å². The van der Waals surface area contributed by atoms with E-state index in [1.807, 2.05) is 37.3 Å². The van der Waals surface area contributed by atoms with Gasteiger partial charge in [-0.05, 0) is 31.2 Å². The molecule has 1 fully saturated rings. The first kappa shape index (κ1) is 17.9. The lowest BCUT2D eigenvalue weighted by molar-refractivity contribution is -0.133. The Bertz CT molecular complexity index is 630. The van der Waals surface area contributed by atoms with Gasteiger partial charge in [-0.1, -0.05) is 37.3 Å². The number of sulfonamides is 1. The van der Waals surface area contributed by atoms with Gasteiger partial charge in [-0.15, -0.1) is 0 Å². The van der Waals surface area contributed by atoms with Gasteiger partial charge in [0.05, 0.1) is 12.8 Å². The number of hydrogen-bond acceptors (Lipinski definition) is 3. The third-order valence-corrected chi connectivity index (χ3v) is 5.74. The second kappa shape index (κ2) is 7.45. The molecule has 0 aromatic heterocycles. The SMILES string of the molecule is CC1CCCN(C(=O)CN(C(C)c2ccccc2)S(C)(=O)=O)C1. The van der Waals surface area contributed by atoms with Gasteiger partial charge in [0.25, 0.3) is 0 Å². The van der Waals surface area contributed by atoms with Crippen molar-refractivity contribution < 1.29 is 13.2 Å². The highest BCUT2D eigenvalue weighted by molar-refractivity contribution is 7.88. The number of benzene rings is 1. The molecule has 2 rings (SSSR count). The molecule has 128 valence electrons. The van der Waals surface area contributed by atoms with Crippen LogP contribution in [0.3, 0.4) is 0 Å². The molecule has 1 saturated heterocycles. The molecular weight excluding hydrogens is 312 g/mol. The molecule has 0 N–H and O–H groups in total. The van der Waals surface area contributed by atoms with E-state index in [9.17, 15) is 13.2 Å². The quantitative estimate of drug-likeness (QED) is 0.827. The van der Waals surface area contributed by atoms with Crippen LogP contribution in [0, 0.1) is 5.92 Å². The van der Waals surface area contributed by atoms with Gasteiger partial charge in [-0.25, -0.2) is 8.42 Å². The average Bonchev–Trinajstić information content (AvgIpc) is 2.51. The van der Waals surface area contributed by atoms with Crippen LogP contribution in [0.4, 0.5) is 0 Å². The van der Waals surface area contributed by atoms with Crippen LogP contribution in [0.25, 0.3) is 0 Å². The predicted molar refractivity (Wildman–Crippen MR) is 91.4 cm³/mol. The third kappa shape index (κ3) is 4.78. The number of amides is 1. The number of carbonyl (C=O) groups excluding carboxylic acids is 1. The van der Waals surface area contributed by atoms with Crippen molar-refractivity contribution in [3.8, 4) is 0 Å². The molecule has 6 heteroatoms. The molecule has 1 aromatic rings. The Morgan fingerprint density at radius 1 is 1.35 bits per heavy atom. The molecule has 0 bridgehead atoms. The number of likely N-dealkylation sites (tertiary alicyclic amines) is 1. The smallest absolute Gasteiger partial charge is 0.237 e. The number of carbonyl (C=O) groups is 1. The Labute approximate surface area is 139 Å². The number of rotatable bonds is 5. The highest BCUT2D eigenvalue weighted by Crippen LogP contribution is 2.23. The van der Waals surface area contributed by atoms with Crippen LogP contribution in [0.2, 0.25) is 0 Å². The molecule has 5 nitrogen and oxygen atoms in total. The van der Waals surface area contributed by atoms with Crippen LogP contribution >= 0.6 is 0 Å². The van der Waals surface area contributed by atoms with Crippen molar-refractivity contribution in [1.82, 2.24) is 9.21 Å². The van der Waals surface area contributed by atoms with E-state index >= 15 is 0 Å². The third-order valence-electron chi connectivity index (χ3n) is 4.44. The summed E-state index contributed by atoms with van der Waals surface area (Å²) in [6.45, 7) is 5.29. The van der Waals surface area contributed by atoms with Crippen LogP contribution in [-0.2, 0) is 14.8 Å². The molecule has 0 saturated carbocycles. The predicted octanol–water partition coefficient (Wildman–Crippen LogP) is 2.27. The van der Waals surface area contributed by atoms with Gasteiger partial charge in [0.15, 0.2) is 0 Å². The Morgan fingerprint density at radius 3 is 2.57 bits per heavy atom. The minimum Gasteiger partial charge on any atom is -0.341 e. The molecule has 0 radical (unpaired) electrons. The Kier molecular flexibility index (Phi) is 5.81. The fourth-order valence-corrected chi connectivity index (χ4v) is 4.13. The summed E-state index contributed by atoms with van der Waals surface area (Å²) in [6.07, 6.45) is 3.28. The molecule has 23 heavy (non-hydrogen) atoms. The van der Waals surface area contributed by atoms with E-state index in [-0.39, 0.29) is 18.5 Å². The van der Waals surface area contributed by atoms with E-state index in [2.05, 4.69) is 6.92 Å². The highest BCUT2D eigenvalue weighted by atomic mass is 32.2. The number of hydrogen-bond donors (Lipinski definition) is 0. The molecular formula is C17H26N2O3S. The lowest BCUT2D eigenvalue weighted by Crippen LogP contribution is -2.46. The Morgan fingerprint density at radius 2 is 2.00 bits per heavy atom. The van der Waals surface area contributed by atoms with Gasteiger partial charge in [0, 0.05) is 19.1 Å². The van der Waals surface area contributed by atoms with E-state index in [0.29, 0.717) is 5.92 Å². The number of nitrogens with zero attached hydrogens (tertiary/aromatic N) is 2. The van der Waals surface area contributed by atoms with E-state index in [4.69, 9.17) is 0 Å². The zero-order chi connectivity index (χ0) is 17.0. The van der Waals surface area contributed by atoms with Crippen molar-refractivity contribution in [3.05, 3.63) is 35.9 Å². The summed E-state index contributed by atoms with van der Waals surface area (Å²) in [5.74, 6) is 0.371. The summed E-state index contributed by atoms with van der Waals surface area (Å²) in [4.78, 5) is 14.4. The monoisotopic (exact) mass is 338 g/mol. The zero-order valence-electron chi connectivity index (χ0n) is 14.1. The van der Waals surface area contributed by atoms with Crippen molar-refractivity contribution in [2.75, 3.05) is 25.9 Å². The second-order valence-corrected chi connectivity index (χ2v) is 8.42. The zero-order valence-corrected chi connectivity index (χ0v) is 14.9. The lowest BCUT2D eigenvalue weighted by atomic mass is 10.0. The van der Waals surface area contributed by atoms with Gasteiger partial charge in [-0.2, -0.15) is 4.31 Å². The summed E-state index contributed by atoms with van der Waals surface area (Å²) in [5, 5.41) is 0. The molecule has 2 unspecified atom stereocenters. The molecule has 1 aliphatic heterocycles. The summed E-state index contributed by atoms with van der Waals surface area (Å²) in [6, 6.07) is 9.05. The highest BCUT2D eigenvalue weighted by Gasteiger charge is 2.30. The summed E-state index contributed by atoms with van der Waals surface area (Å²) in [5.41, 5.74) is 0.887. The van der Waals surface area contributed by atoms with E-state index in [0.717, 1.165) is 31.5 Å². The molecule has 1 aliphatic rings. The van der Waals surface area contributed by atoms with Crippen molar-refractivity contribution in [1.29, 1.82) is 0 Å². The average molecular weight is 338 g/mol. The van der Waals surface area contributed by atoms with Gasteiger partial charge in [0.1, 0.15) is 0 Å². The molecule has 2 atom stereocenters. The fourth-order valence-electron chi connectivity index (χ4n) is 3.09. The first-order chi connectivity index (χ1) is 10.8. The maximum Gasteiger partial charge on any atom is 0.237 e. The van der Waals surface area contributed by atoms with Crippen molar-refractivity contribution >= 4 is 15.9 Å². The fraction of sp³-hybridized carbons (Fsp3) is 0.588. The van der Waals surface area contributed by atoms with Gasteiger partial charge in [0.2, 0.25) is 15.9 Å². The van der Waals surface area contributed by atoms with Crippen LogP contribution in [0.15, 0.2) is 30.3 Å². The molecule has 0 spiro atoms. The van der Waals surface area contributed by atoms with Crippen molar-refractivity contribution in [2.24, 2.45) is 5.92 Å². The van der Waals surface area contributed by atoms with E-state index < -0.39 is 10.0 Å². The largest absolute Gasteiger partial charge is 0.341 e. The topological polar surface area (TPSA) is 57.7 Å². The lowest BCUT2D eigenvalue weighted by Gasteiger charge is -2.34. The van der Waals surface area contributed by atoms with E-state index in [1.165, 1.54) is 10.6 Å². The van der Waals surface area contributed by atoms with Crippen molar-refractivity contribution in [3.63, 3.8) is 0 Å². The molecule has 0 aliphatic carbocycles. The number of piperidine rings is 1. The van der Waals surface area contributed by atoms with Crippen LogP contribution < -0.4 is 0 Å². The molecule has 1 aromatic carbocycles. The second-order valence-electron chi connectivity index (χ2n) is 6.48. The standard InChI is InChI=1S/C17H26N2O3S/c1-14-8-7-11-18(12-14)17(20)13-19(23(3,21)22)15(2)16-9-5-4-6-10-16/h4-6,9-10,14-15H,7-8,11-13H2,1-3H3. The van der Waals surface area contributed by atoms with E-state index in [1.54, 1.807) is 4.90 Å². The first-order valence-corrected chi connectivity index (χ1v) is 9.93. The van der Waals surface area contributed by atoms with Crippen LogP contribution in [0.1, 0.15) is 38.3 Å². The first-order valence-electron chi connectivity index (χ1n) is 8.08. The maximum absolute atomic E-state index is 12.6. The summed E-state index contributed by atoms with van der Waals surface area (Å²) in [7, 11) is -3.47. The van der Waals surface area contributed by atoms with Gasteiger partial charge in [-0.3, -0.25) is 4.79 Å². The van der Waals surface area contributed by atoms with Crippen LogP contribution in [0.5, 0.6) is 0 Å². The van der Waals surface area contributed by atoms with Crippen LogP contribution in [-0.4, -0.2) is 49.4 Å². The Balaban J connectivity index is 2.15. The molecule has 1 amide bonds. The minimum absolute atomic E-state index is 0.0956. The Hall–Kier alpha value is -1.40. The van der Waals surface area contributed by atoms with Gasteiger partial charge < -0.3 is 4.90 Å². The normalized spacial score (nSPS) is 20.5. The summed E-state index contributed by atoms with van der Waals surface area (Å²) < 4.78 is 25.7. The minimum atomic E-state index is -3.47. The molecule has 1 heterocycles. The van der Waals surface area contributed by atoms with Gasteiger partial charge >= 0.3 is 0 Å².